The third-order valence-corrected chi connectivity index (χ3v) is 6.26. The zero-order valence-electron chi connectivity index (χ0n) is 17.7. The molecule has 154 valence electrons. The molecular formula is C25H29N5. The highest BCUT2D eigenvalue weighted by molar-refractivity contribution is 5.70. The highest BCUT2D eigenvalue weighted by atomic mass is 15.3. The van der Waals surface area contributed by atoms with Gasteiger partial charge in [-0.15, -0.1) is 0 Å². The van der Waals surface area contributed by atoms with Crippen LogP contribution in [0.25, 0.3) is 11.4 Å². The van der Waals surface area contributed by atoms with Crippen LogP contribution in [-0.2, 0) is 6.42 Å². The third-order valence-electron chi connectivity index (χ3n) is 6.26. The van der Waals surface area contributed by atoms with E-state index in [1.807, 2.05) is 6.07 Å². The Hall–Kier alpha value is -2.92. The summed E-state index contributed by atoms with van der Waals surface area (Å²) in [5.74, 6) is 2.85. The zero-order valence-corrected chi connectivity index (χ0v) is 17.7. The molecule has 0 saturated carbocycles. The van der Waals surface area contributed by atoms with Gasteiger partial charge in [0, 0.05) is 50.0 Å². The highest BCUT2D eigenvalue weighted by Gasteiger charge is 2.23. The smallest absolute Gasteiger partial charge is 0.163 e. The van der Waals surface area contributed by atoms with Crippen LogP contribution in [0.3, 0.4) is 0 Å². The Labute approximate surface area is 179 Å². The largest absolute Gasteiger partial charge is 0.354 e. The summed E-state index contributed by atoms with van der Waals surface area (Å²) in [5, 5.41) is 0. The van der Waals surface area contributed by atoms with Gasteiger partial charge in [0.15, 0.2) is 5.82 Å². The lowest BCUT2D eigenvalue weighted by Gasteiger charge is -2.36. The number of fused-ring (bicyclic) bond motifs is 1. The summed E-state index contributed by atoms with van der Waals surface area (Å²) in [6.45, 7) is 8.53. The first-order chi connectivity index (χ1) is 14.8. The molecule has 0 atom stereocenters. The van der Waals surface area contributed by atoms with Crippen molar-refractivity contribution in [2.24, 2.45) is 0 Å². The van der Waals surface area contributed by atoms with Gasteiger partial charge >= 0.3 is 0 Å². The molecule has 0 bridgehead atoms. The molecule has 0 aliphatic carbocycles. The molecule has 3 heterocycles. The number of para-hydroxylation sites is 1. The van der Waals surface area contributed by atoms with E-state index in [1.165, 1.54) is 11.3 Å². The van der Waals surface area contributed by atoms with Crippen LogP contribution in [0.2, 0.25) is 0 Å². The standard InChI is InChI=1S/C25H29N5/c1-2-28-15-17-29(18-16-28)23-19-24(27-25(26-23)21-10-4-3-5-11-21)30-14-8-12-20-9-6-7-13-22(20)30/h3-7,9-11,13,19H,2,8,12,14-18H2,1H3. The summed E-state index contributed by atoms with van der Waals surface area (Å²) >= 11 is 0. The predicted molar refractivity (Wildman–Crippen MR) is 124 cm³/mol. The van der Waals surface area contributed by atoms with Gasteiger partial charge in [-0.05, 0) is 31.0 Å². The Morgan fingerprint density at radius 1 is 0.800 bits per heavy atom. The van der Waals surface area contributed by atoms with Crippen LogP contribution in [0.4, 0.5) is 17.3 Å². The first-order valence-corrected chi connectivity index (χ1v) is 11.1. The van der Waals surface area contributed by atoms with E-state index in [0.29, 0.717) is 0 Å². The lowest BCUT2D eigenvalue weighted by atomic mass is 10.0. The number of anilines is 3. The van der Waals surface area contributed by atoms with Crippen molar-refractivity contribution in [2.45, 2.75) is 19.8 Å². The first kappa shape index (κ1) is 19.1. The maximum atomic E-state index is 5.03. The molecule has 2 aliphatic heterocycles. The summed E-state index contributed by atoms with van der Waals surface area (Å²) in [5.41, 5.74) is 3.75. The number of rotatable bonds is 4. The second-order valence-electron chi connectivity index (χ2n) is 8.08. The first-order valence-electron chi connectivity index (χ1n) is 11.1. The van der Waals surface area contributed by atoms with Crippen LogP contribution in [0.15, 0.2) is 60.7 Å². The summed E-state index contributed by atoms with van der Waals surface area (Å²) in [6.07, 6.45) is 2.28. The Balaban J connectivity index is 1.56. The maximum absolute atomic E-state index is 5.03. The van der Waals surface area contributed by atoms with Crippen molar-refractivity contribution < 1.29 is 0 Å². The number of hydrogen-bond donors (Lipinski definition) is 0. The van der Waals surface area contributed by atoms with Crippen LogP contribution in [0.5, 0.6) is 0 Å². The Bertz CT molecular complexity index is 995. The van der Waals surface area contributed by atoms with Crippen LogP contribution in [0.1, 0.15) is 18.9 Å². The molecule has 0 radical (unpaired) electrons. The molecule has 2 aromatic carbocycles. The molecule has 3 aromatic rings. The topological polar surface area (TPSA) is 35.5 Å². The molecular weight excluding hydrogens is 370 g/mol. The molecule has 2 aliphatic rings. The lowest BCUT2D eigenvalue weighted by molar-refractivity contribution is 0.270. The van der Waals surface area contributed by atoms with Crippen molar-refractivity contribution in [1.82, 2.24) is 14.9 Å². The zero-order chi connectivity index (χ0) is 20.3. The molecule has 0 spiro atoms. The Morgan fingerprint density at radius 3 is 2.33 bits per heavy atom. The highest BCUT2D eigenvalue weighted by Crippen LogP contribution is 2.34. The third kappa shape index (κ3) is 3.77. The van der Waals surface area contributed by atoms with Crippen molar-refractivity contribution in [3.8, 4) is 11.4 Å². The van der Waals surface area contributed by atoms with E-state index in [-0.39, 0.29) is 0 Å². The van der Waals surface area contributed by atoms with E-state index in [0.717, 1.165) is 75.1 Å². The SMILES string of the molecule is CCN1CCN(c2cc(N3CCCc4ccccc43)nc(-c3ccccc3)n2)CC1. The fraction of sp³-hybridized carbons (Fsp3) is 0.360. The van der Waals surface area contributed by atoms with Crippen molar-refractivity contribution in [3.05, 3.63) is 66.2 Å². The van der Waals surface area contributed by atoms with Gasteiger partial charge < -0.3 is 14.7 Å². The van der Waals surface area contributed by atoms with E-state index in [9.17, 15) is 0 Å². The Morgan fingerprint density at radius 2 is 1.53 bits per heavy atom. The van der Waals surface area contributed by atoms with Gasteiger partial charge in [0.25, 0.3) is 0 Å². The minimum absolute atomic E-state index is 0.809. The fourth-order valence-electron chi connectivity index (χ4n) is 4.50. The number of likely N-dealkylation sites (N-methyl/N-ethyl adjacent to an activating group) is 1. The van der Waals surface area contributed by atoms with E-state index in [4.69, 9.17) is 9.97 Å². The predicted octanol–water partition coefficient (Wildman–Crippen LogP) is 4.37. The average Bonchev–Trinajstić information content (AvgIpc) is 2.84. The van der Waals surface area contributed by atoms with E-state index in [1.54, 1.807) is 0 Å². The minimum Gasteiger partial charge on any atom is -0.354 e. The molecule has 0 unspecified atom stereocenters. The van der Waals surface area contributed by atoms with Gasteiger partial charge in [-0.1, -0.05) is 55.5 Å². The molecule has 1 saturated heterocycles. The molecule has 1 fully saturated rings. The summed E-state index contributed by atoms with van der Waals surface area (Å²) in [6, 6.07) is 21.3. The molecule has 30 heavy (non-hydrogen) atoms. The monoisotopic (exact) mass is 399 g/mol. The quantitative estimate of drug-likeness (QED) is 0.651. The number of hydrogen-bond acceptors (Lipinski definition) is 5. The summed E-state index contributed by atoms with van der Waals surface area (Å²) < 4.78 is 0. The molecule has 5 rings (SSSR count). The van der Waals surface area contributed by atoms with Crippen molar-refractivity contribution in [1.29, 1.82) is 0 Å². The summed E-state index contributed by atoms with van der Waals surface area (Å²) in [7, 11) is 0. The van der Waals surface area contributed by atoms with Crippen LogP contribution in [-0.4, -0.2) is 54.1 Å². The second-order valence-corrected chi connectivity index (χ2v) is 8.08. The Kier molecular flexibility index (Phi) is 5.37. The van der Waals surface area contributed by atoms with Gasteiger partial charge in [0.1, 0.15) is 11.6 Å². The van der Waals surface area contributed by atoms with Gasteiger partial charge in [0.05, 0.1) is 0 Å². The van der Waals surface area contributed by atoms with Crippen molar-refractivity contribution >= 4 is 17.3 Å². The number of aromatic nitrogens is 2. The van der Waals surface area contributed by atoms with E-state index < -0.39 is 0 Å². The summed E-state index contributed by atoms with van der Waals surface area (Å²) in [4.78, 5) is 17.3. The number of piperazine rings is 1. The molecule has 1 aromatic heterocycles. The molecule has 5 heteroatoms. The molecule has 5 nitrogen and oxygen atoms in total. The van der Waals surface area contributed by atoms with Gasteiger partial charge in [-0.25, -0.2) is 9.97 Å². The second kappa shape index (κ2) is 8.44. The van der Waals surface area contributed by atoms with Crippen LogP contribution >= 0.6 is 0 Å². The van der Waals surface area contributed by atoms with Gasteiger partial charge in [0.2, 0.25) is 0 Å². The van der Waals surface area contributed by atoms with Crippen molar-refractivity contribution in [2.75, 3.05) is 49.1 Å². The normalized spacial score (nSPS) is 17.1. The van der Waals surface area contributed by atoms with Gasteiger partial charge in [-0.3, -0.25) is 0 Å². The van der Waals surface area contributed by atoms with E-state index >= 15 is 0 Å². The lowest BCUT2D eigenvalue weighted by Crippen LogP contribution is -2.46. The molecule has 0 N–H and O–H groups in total. The number of nitrogens with zero attached hydrogens (tertiary/aromatic N) is 5. The number of aryl methyl sites for hydroxylation is 1. The van der Waals surface area contributed by atoms with Gasteiger partial charge in [-0.2, -0.15) is 0 Å². The van der Waals surface area contributed by atoms with Crippen LogP contribution < -0.4 is 9.80 Å². The molecule has 0 amide bonds. The average molecular weight is 400 g/mol. The van der Waals surface area contributed by atoms with E-state index in [2.05, 4.69) is 76.2 Å². The minimum atomic E-state index is 0.809. The fourth-order valence-corrected chi connectivity index (χ4v) is 4.50. The van der Waals surface area contributed by atoms with Crippen LogP contribution in [0, 0.1) is 0 Å². The maximum Gasteiger partial charge on any atom is 0.163 e. The number of benzene rings is 2. The van der Waals surface area contributed by atoms with Crippen molar-refractivity contribution in [3.63, 3.8) is 0 Å².